The first-order valence-electron chi connectivity index (χ1n) is 4.68. The summed E-state index contributed by atoms with van der Waals surface area (Å²) < 4.78 is 5.24. The molecule has 3 nitrogen and oxygen atoms in total. The molecule has 0 saturated carbocycles. The molecular weight excluding hydrogens is 176 g/mol. The zero-order chi connectivity index (χ0) is 9.54. The quantitative estimate of drug-likeness (QED) is 0.684. The number of rotatable bonds is 0. The maximum atomic E-state index is 5.71. The van der Waals surface area contributed by atoms with E-state index >= 15 is 0 Å². The molecule has 0 aliphatic heterocycles. The van der Waals surface area contributed by atoms with E-state index in [0.29, 0.717) is 5.82 Å². The highest BCUT2D eigenvalue weighted by molar-refractivity contribution is 5.71. The third-order valence-corrected chi connectivity index (χ3v) is 2.72. The topological polar surface area (TPSA) is 52.0 Å². The largest absolute Gasteiger partial charge is 0.381 e. The Morgan fingerprint density at radius 2 is 2.07 bits per heavy atom. The second-order valence-corrected chi connectivity index (χ2v) is 3.53. The molecule has 0 bridgehead atoms. The minimum absolute atomic E-state index is 0.537. The average molecular weight is 186 g/mol. The molecule has 0 amide bonds. The number of nitrogen functional groups attached to an aromatic ring is 1. The van der Waals surface area contributed by atoms with Gasteiger partial charge in [0.15, 0.2) is 11.6 Å². The Balaban J connectivity index is 2.29. The highest BCUT2D eigenvalue weighted by atomic mass is 16.5. The summed E-state index contributed by atoms with van der Waals surface area (Å²) in [6.07, 6.45) is 1.95. The van der Waals surface area contributed by atoms with Crippen molar-refractivity contribution in [2.24, 2.45) is 0 Å². The van der Waals surface area contributed by atoms with Crippen LogP contribution in [0.25, 0.3) is 11.3 Å². The summed E-state index contributed by atoms with van der Waals surface area (Å²) in [5.74, 6) is 1.39. The molecule has 1 aliphatic rings. The van der Waals surface area contributed by atoms with Gasteiger partial charge in [-0.15, -0.1) is 0 Å². The van der Waals surface area contributed by atoms with E-state index in [1.807, 2.05) is 12.1 Å². The molecule has 0 unspecified atom stereocenters. The van der Waals surface area contributed by atoms with Crippen LogP contribution in [0.3, 0.4) is 0 Å². The van der Waals surface area contributed by atoms with Crippen molar-refractivity contribution in [3.05, 3.63) is 35.4 Å². The molecule has 14 heavy (non-hydrogen) atoms. The lowest BCUT2D eigenvalue weighted by Crippen LogP contribution is -2.03. The lowest BCUT2D eigenvalue weighted by Gasteiger charge is -2.13. The summed E-state index contributed by atoms with van der Waals surface area (Å²) in [6, 6.07) is 8.23. The smallest absolute Gasteiger partial charge is 0.172 e. The fraction of sp³-hybridized carbons (Fsp3) is 0.182. The fourth-order valence-corrected chi connectivity index (χ4v) is 1.99. The predicted octanol–water partition coefficient (Wildman–Crippen LogP) is 2.02. The summed E-state index contributed by atoms with van der Waals surface area (Å²) in [4.78, 5) is 0. The Labute approximate surface area is 81.5 Å². The number of anilines is 1. The highest BCUT2D eigenvalue weighted by Crippen LogP contribution is 2.35. The van der Waals surface area contributed by atoms with E-state index in [-0.39, 0.29) is 0 Å². The number of aryl methyl sites for hydroxylation is 1. The van der Waals surface area contributed by atoms with Crippen LogP contribution >= 0.6 is 0 Å². The first-order valence-corrected chi connectivity index (χ1v) is 4.68. The van der Waals surface area contributed by atoms with Crippen molar-refractivity contribution in [1.82, 2.24) is 5.16 Å². The first kappa shape index (κ1) is 7.62. The lowest BCUT2D eigenvalue weighted by atomic mass is 9.91. The van der Waals surface area contributed by atoms with Crippen LogP contribution in [-0.2, 0) is 12.8 Å². The van der Waals surface area contributed by atoms with Gasteiger partial charge in [-0.05, 0) is 18.4 Å². The van der Waals surface area contributed by atoms with Crippen molar-refractivity contribution in [1.29, 1.82) is 0 Å². The van der Waals surface area contributed by atoms with Crippen LogP contribution in [0.4, 0.5) is 5.82 Å². The Morgan fingerprint density at radius 1 is 1.21 bits per heavy atom. The molecule has 1 aromatic heterocycles. The molecule has 70 valence electrons. The van der Waals surface area contributed by atoms with Gasteiger partial charge in [0.25, 0.3) is 0 Å². The van der Waals surface area contributed by atoms with Crippen molar-refractivity contribution in [3.63, 3.8) is 0 Å². The zero-order valence-corrected chi connectivity index (χ0v) is 7.66. The van der Waals surface area contributed by atoms with Gasteiger partial charge in [-0.25, -0.2) is 0 Å². The summed E-state index contributed by atoms with van der Waals surface area (Å²) in [6.45, 7) is 0. The van der Waals surface area contributed by atoms with Gasteiger partial charge in [-0.2, -0.15) is 0 Å². The minimum atomic E-state index is 0.537. The highest BCUT2D eigenvalue weighted by Gasteiger charge is 2.22. The zero-order valence-electron chi connectivity index (χ0n) is 7.66. The number of fused-ring (bicyclic) bond motifs is 3. The molecular formula is C11H10N2O. The molecule has 0 radical (unpaired) electrons. The van der Waals surface area contributed by atoms with E-state index in [4.69, 9.17) is 10.3 Å². The van der Waals surface area contributed by atoms with E-state index in [0.717, 1.165) is 29.7 Å². The summed E-state index contributed by atoms with van der Waals surface area (Å²) in [5, 5.41) is 3.80. The first-order chi connectivity index (χ1) is 6.86. The van der Waals surface area contributed by atoms with Crippen molar-refractivity contribution in [3.8, 4) is 11.3 Å². The van der Waals surface area contributed by atoms with E-state index in [2.05, 4.69) is 17.3 Å². The van der Waals surface area contributed by atoms with Gasteiger partial charge < -0.3 is 10.3 Å². The Kier molecular flexibility index (Phi) is 1.42. The van der Waals surface area contributed by atoms with Crippen LogP contribution < -0.4 is 5.73 Å². The molecule has 1 aromatic carbocycles. The number of aromatic nitrogens is 1. The monoisotopic (exact) mass is 186 g/mol. The molecule has 3 rings (SSSR count). The second kappa shape index (κ2) is 2.61. The van der Waals surface area contributed by atoms with Crippen LogP contribution in [0.2, 0.25) is 0 Å². The third kappa shape index (κ3) is 0.894. The number of hydrogen-bond donors (Lipinski definition) is 1. The molecule has 0 atom stereocenters. The number of nitrogens with two attached hydrogens (primary N) is 1. The van der Waals surface area contributed by atoms with E-state index < -0.39 is 0 Å². The predicted molar refractivity (Wildman–Crippen MR) is 53.8 cm³/mol. The van der Waals surface area contributed by atoms with E-state index in [1.165, 1.54) is 5.56 Å². The maximum Gasteiger partial charge on any atom is 0.172 e. The normalized spacial score (nSPS) is 13.4. The van der Waals surface area contributed by atoms with Crippen molar-refractivity contribution < 1.29 is 4.52 Å². The SMILES string of the molecule is Nc1noc2c1CCc1ccccc1-2. The number of benzene rings is 1. The van der Waals surface area contributed by atoms with Gasteiger partial charge in [0.1, 0.15) is 0 Å². The fourth-order valence-electron chi connectivity index (χ4n) is 1.99. The van der Waals surface area contributed by atoms with E-state index in [1.54, 1.807) is 0 Å². The summed E-state index contributed by atoms with van der Waals surface area (Å²) in [7, 11) is 0. The van der Waals surface area contributed by atoms with Crippen molar-refractivity contribution in [2.45, 2.75) is 12.8 Å². The van der Waals surface area contributed by atoms with Gasteiger partial charge in [0.05, 0.1) is 0 Å². The molecule has 1 aliphatic carbocycles. The molecule has 0 fully saturated rings. The maximum absolute atomic E-state index is 5.71. The number of nitrogens with zero attached hydrogens (tertiary/aromatic N) is 1. The van der Waals surface area contributed by atoms with Crippen LogP contribution in [0.1, 0.15) is 11.1 Å². The summed E-state index contributed by atoms with van der Waals surface area (Å²) >= 11 is 0. The lowest BCUT2D eigenvalue weighted by molar-refractivity contribution is 0.433. The van der Waals surface area contributed by atoms with Crippen LogP contribution in [0, 0.1) is 0 Å². The number of hydrogen-bond acceptors (Lipinski definition) is 3. The molecule has 0 spiro atoms. The Bertz CT molecular complexity index is 488. The molecule has 0 saturated heterocycles. The van der Waals surface area contributed by atoms with Gasteiger partial charge >= 0.3 is 0 Å². The molecule has 2 N–H and O–H groups in total. The van der Waals surface area contributed by atoms with Crippen LogP contribution in [-0.4, -0.2) is 5.16 Å². The second-order valence-electron chi connectivity index (χ2n) is 3.53. The van der Waals surface area contributed by atoms with Crippen molar-refractivity contribution in [2.75, 3.05) is 5.73 Å². The molecule has 3 heteroatoms. The standard InChI is InChI=1S/C11H10N2O/c12-11-9-6-5-7-3-1-2-4-8(7)10(9)14-13-11/h1-4H,5-6H2,(H2,12,13). The molecule has 1 heterocycles. The summed E-state index contributed by atoms with van der Waals surface area (Å²) in [5.41, 5.74) is 9.23. The third-order valence-electron chi connectivity index (χ3n) is 2.72. The van der Waals surface area contributed by atoms with Crippen LogP contribution in [0.5, 0.6) is 0 Å². The Hall–Kier alpha value is -1.77. The van der Waals surface area contributed by atoms with Crippen LogP contribution in [0.15, 0.2) is 28.8 Å². The van der Waals surface area contributed by atoms with Gasteiger partial charge in [0, 0.05) is 11.1 Å². The molecule has 2 aromatic rings. The minimum Gasteiger partial charge on any atom is -0.381 e. The average Bonchev–Trinajstić information content (AvgIpc) is 2.61. The Morgan fingerprint density at radius 3 is 3.00 bits per heavy atom. The van der Waals surface area contributed by atoms with Crippen molar-refractivity contribution >= 4 is 5.82 Å². The van der Waals surface area contributed by atoms with E-state index in [9.17, 15) is 0 Å². The van der Waals surface area contributed by atoms with Gasteiger partial charge in [0.2, 0.25) is 0 Å². The van der Waals surface area contributed by atoms with Gasteiger partial charge in [-0.1, -0.05) is 29.4 Å². The van der Waals surface area contributed by atoms with Gasteiger partial charge in [-0.3, -0.25) is 0 Å².